The number of fused-ring (bicyclic) bond motifs is 1. The first-order valence-corrected chi connectivity index (χ1v) is 10.1. The Morgan fingerprint density at radius 2 is 1.50 bits per heavy atom. The number of hydrogen-bond acceptors (Lipinski definition) is 1. The summed E-state index contributed by atoms with van der Waals surface area (Å²) < 4.78 is 2.44. The van der Waals surface area contributed by atoms with Crippen LogP contribution < -0.4 is 9.97 Å². The van der Waals surface area contributed by atoms with Gasteiger partial charge in [0.1, 0.15) is 7.43 Å². The number of nitrogens with zero attached hydrogens (tertiary/aromatic N) is 1. The van der Waals surface area contributed by atoms with Crippen LogP contribution in [0.4, 0.5) is 5.69 Å². The van der Waals surface area contributed by atoms with E-state index < -0.39 is 7.43 Å². The molecule has 2 aromatic rings. The minimum atomic E-state index is -0.797. The van der Waals surface area contributed by atoms with Crippen molar-refractivity contribution in [3.05, 3.63) is 59.2 Å². The monoisotopic (exact) mass is 331 g/mol. The van der Waals surface area contributed by atoms with Crippen LogP contribution in [0.15, 0.2) is 42.5 Å². The van der Waals surface area contributed by atoms with Crippen LogP contribution in [0.25, 0.3) is 0 Å². The van der Waals surface area contributed by atoms with Crippen molar-refractivity contribution in [2.45, 2.75) is 46.1 Å². The molecule has 0 fully saturated rings. The van der Waals surface area contributed by atoms with Crippen molar-refractivity contribution in [2.24, 2.45) is 0 Å². The number of halogens is 1. The summed E-state index contributed by atoms with van der Waals surface area (Å²) >= 11 is 6.89. The predicted molar refractivity (Wildman–Crippen MR) is 99.7 cm³/mol. The number of anilines is 1. The Kier molecular flexibility index (Phi) is 4.48. The van der Waals surface area contributed by atoms with Crippen LogP contribution in [-0.4, -0.2) is 0 Å². The lowest BCUT2D eigenvalue weighted by molar-refractivity contribution is 0.825. The summed E-state index contributed by atoms with van der Waals surface area (Å²) in [5.74, 6) is 0.995. The van der Waals surface area contributed by atoms with Gasteiger partial charge in [-0.2, -0.15) is 0 Å². The van der Waals surface area contributed by atoms with Crippen molar-refractivity contribution in [2.75, 3.05) is 4.67 Å². The first-order valence-electron chi connectivity index (χ1n) is 7.94. The number of rotatable bonds is 3. The van der Waals surface area contributed by atoms with Crippen LogP contribution >= 0.6 is 18.7 Å². The van der Waals surface area contributed by atoms with Gasteiger partial charge in [-0.15, -0.1) is 0 Å². The Hall–Kier alpha value is -1.04. The Morgan fingerprint density at radius 1 is 0.909 bits per heavy atom. The predicted octanol–water partition coefficient (Wildman–Crippen LogP) is 6.13. The molecule has 0 unspecified atom stereocenters. The van der Waals surface area contributed by atoms with Gasteiger partial charge in [-0.3, -0.25) is 0 Å². The molecule has 0 amide bonds. The normalized spacial score (nSPS) is 17.4. The van der Waals surface area contributed by atoms with E-state index in [0.717, 1.165) is 6.54 Å². The zero-order valence-corrected chi connectivity index (χ0v) is 15.3. The van der Waals surface area contributed by atoms with E-state index in [1.54, 1.807) is 0 Å². The standard InChI is InChI=1S/C19H23ClNP/c1-13(2)16-9-7-10-17(14(3)4)19(16)21-12-15-8-5-6-11-18(15)22(21)20/h5-11,13-14H,12H2,1-4H3/t22-/m1/s1. The van der Waals surface area contributed by atoms with Gasteiger partial charge in [-0.1, -0.05) is 81.4 Å². The molecule has 0 saturated heterocycles. The topological polar surface area (TPSA) is 3.24 Å². The molecule has 1 atom stereocenters. The Labute approximate surface area is 139 Å². The molecule has 0 spiro atoms. The number of para-hydroxylation sites is 1. The summed E-state index contributed by atoms with van der Waals surface area (Å²) in [6.45, 7) is 9.99. The van der Waals surface area contributed by atoms with Crippen molar-refractivity contribution in [3.8, 4) is 0 Å². The molecule has 1 nitrogen and oxygen atoms in total. The van der Waals surface area contributed by atoms with Gasteiger partial charge in [0.05, 0.1) is 0 Å². The Morgan fingerprint density at radius 3 is 2.05 bits per heavy atom. The lowest BCUT2D eigenvalue weighted by Gasteiger charge is -2.30. The van der Waals surface area contributed by atoms with Gasteiger partial charge in [0.2, 0.25) is 0 Å². The highest BCUT2D eigenvalue weighted by atomic mass is 35.7. The summed E-state index contributed by atoms with van der Waals surface area (Å²) in [4.78, 5) is 0. The third-order valence-electron chi connectivity index (χ3n) is 4.32. The van der Waals surface area contributed by atoms with E-state index in [9.17, 15) is 0 Å². The largest absolute Gasteiger partial charge is 0.329 e. The van der Waals surface area contributed by atoms with E-state index in [2.05, 4.69) is 74.8 Å². The molecule has 116 valence electrons. The number of benzene rings is 2. The van der Waals surface area contributed by atoms with Gasteiger partial charge in [-0.25, -0.2) is 0 Å². The Balaban J connectivity index is 2.13. The molecular formula is C19H23ClNP. The highest BCUT2D eigenvalue weighted by molar-refractivity contribution is 7.91. The smallest absolute Gasteiger partial charge is 0.122 e. The second kappa shape index (κ2) is 6.22. The molecule has 2 aromatic carbocycles. The molecule has 22 heavy (non-hydrogen) atoms. The van der Waals surface area contributed by atoms with Crippen LogP contribution in [0.3, 0.4) is 0 Å². The number of hydrogen-bond donors (Lipinski definition) is 0. The van der Waals surface area contributed by atoms with Crippen molar-refractivity contribution in [1.82, 2.24) is 0 Å². The molecule has 0 aromatic heterocycles. The Bertz CT molecular complexity index is 655. The molecule has 1 aliphatic rings. The van der Waals surface area contributed by atoms with Crippen LogP contribution in [0, 0.1) is 0 Å². The molecular weight excluding hydrogens is 309 g/mol. The van der Waals surface area contributed by atoms with E-state index in [0.29, 0.717) is 11.8 Å². The fourth-order valence-electron chi connectivity index (χ4n) is 3.15. The van der Waals surface area contributed by atoms with Crippen LogP contribution in [0.1, 0.15) is 56.2 Å². The summed E-state index contributed by atoms with van der Waals surface area (Å²) in [7, 11) is -0.797. The molecule has 0 radical (unpaired) electrons. The van der Waals surface area contributed by atoms with E-state index in [4.69, 9.17) is 11.2 Å². The van der Waals surface area contributed by atoms with E-state index in [-0.39, 0.29) is 0 Å². The highest BCUT2D eigenvalue weighted by Crippen LogP contribution is 2.55. The molecule has 0 aliphatic carbocycles. The summed E-state index contributed by atoms with van der Waals surface area (Å²) in [5, 5.41) is 1.31. The highest BCUT2D eigenvalue weighted by Gasteiger charge is 2.32. The molecule has 3 heteroatoms. The molecule has 0 N–H and O–H groups in total. The second-order valence-corrected chi connectivity index (χ2v) is 8.99. The van der Waals surface area contributed by atoms with E-state index in [1.807, 2.05) is 0 Å². The van der Waals surface area contributed by atoms with Gasteiger partial charge >= 0.3 is 0 Å². The first-order chi connectivity index (χ1) is 10.5. The second-order valence-electron chi connectivity index (χ2n) is 6.54. The molecule has 1 heterocycles. The van der Waals surface area contributed by atoms with Crippen molar-refractivity contribution in [3.63, 3.8) is 0 Å². The van der Waals surface area contributed by atoms with E-state index in [1.165, 1.54) is 27.7 Å². The SMILES string of the molecule is CC(C)c1cccc(C(C)C)c1N1Cc2ccccc2[P@]1Cl. The summed E-state index contributed by atoms with van der Waals surface area (Å²) in [6.07, 6.45) is 0. The van der Waals surface area contributed by atoms with Crippen molar-refractivity contribution < 1.29 is 0 Å². The fourth-order valence-corrected chi connectivity index (χ4v) is 5.57. The van der Waals surface area contributed by atoms with Gasteiger partial charge < -0.3 is 4.67 Å². The maximum absolute atomic E-state index is 6.89. The van der Waals surface area contributed by atoms with Crippen molar-refractivity contribution in [1.29, 1.82) is 0 Å². The van der Waals surface area contributed by atoms with Crippen LogP contribution in [0.5, 0.6) is 0 Å². The average Bonchev–Trinajstić information content (AvgIpc) is 2.83. The summed E-state index contributed by atoms with van der Waals surface area (Å²) in [6, 6.07) is 15.3. The maximum Gasteiger partial charge on any atom is 0.122 e. The van der Waals surface area contributed by atoms with Gasteiger partial charge in [0.25, 0.3) is 0 Å². The quantitative estimate of drug-likeness (QED) is 0.611. The van der Waals surface area contributed by atoms with Crippen LogP contribution in [0.2, 0.25) is 0 Å². The molecule has 3 rings (SSSR count). The fraction of sp³-hybridized carbons (Fsp3) is 0.368. The average molecular weight is 332 g/mol. The third-order valence-corrected chi connectivity index (χ3v) is 7.02. The zero-order valence-electron chi connectivity index (χ0n) is 13.7. The molecule has 1 aliphatic heterocycles. The van der Waals surface area contributed by atoms with Gasteiger partial charge in [0.15, 0.2) is 0 Å². The van der Waals surface area contributed by atoms with Gasteiger partial charge in [-0.05, 0) is 28.5 Å². The van der Waals surface area contributed by atoms with Crippen molar-refractivity contribution >= 4 is 29.7 Å². The molecule has 0 saturated carbocycles. The third kappa shape index (κ3) is 2.66. The van der Waals surface area contributed by atoms with Gasteiger partial charge in [0, 0.05) is 17.5 Å². The maximum atomic E-state index is 6.89. The summed E-state index contributed by atoms with van der Waals surface area (Å²) in [5.41, 5.74) is 5.56. The minimum Gasteiger partial charge on any atom is -0.329 e. The lowest BCUT2D eigenvalue weighted by Crippen LogP contribution is -2.15. The minimum absolute atomic E-state index is 0.498. The molecule has 0 bridgehead atoms. The van der Waals surface area contributed by atoms with E-state index >= 15 is 0 Å². The lowest BCUT2D eigenvalue weighted by atomic mass is 9.92. The van der Waals surface area contributed by atoms with Crippen LogP contribution in [-0.2, 0) is 6.54 Å². The zero-order chi connectivity index (χ0) is 15.9. The first kappa shape index (κ1) is 15.8.